The van der Waals surface area contributed by atoms with Gasteiger partial charge in [0, 0.05) is 11.9 Å². The summed E-state index contributed by atoms with van der Waals surface area (Å²) in [5.74, 6) is 0. The number of aromatic nitrogens is 1. The molecule has 0 bridgehead atoms. The Morgan fingerprint density at radius 1 is 1.00 bits per heavy atom. The van der Waals surface area contributed by atoms with Gasteiger partial charge in [0.15, 0.2) is 0 Å². The van der Waals surface area contributed by atoms with Gasteiger partial charge in [-0.15, -0.1) is 0 Å². The standard InChI is InChI=1S/C8H11N.C4H10.C2H6/c1-3-8-5-4-7(2)6-9-8;1-3-4-2;1-2/h4-6H,3H2,1-2H3;3-4H2,1-2H3;1-2H3. The van der Waals surface area contributed by atoms with Crippen LogP contribution in [0.2, 0.25) is 0 Å². The fourth-order valence-corrected chi connectivity index (χ4v) is 0.708. The minimum absolute atomic E-state index is 1.03. The smallest absolute Gasteiger partial charge is 0.0401 e. The van der Waals surface area contributed by atoms with E-state index < -0.39 is 0 Å². The van der Waals surface area contributed by atoms with Crippen molar-refractivity contribution in [2.75, 3.05) is 0 Å². The minimum Gasteiger partial charge on any atom is -0.261 e. The second-order valence-electron chi connectivity index (χ2n) is 3.18. The first-order valence-electron chi connectivity index (χ1n) is 6.16. The second-order valence-corrected chi connectivity index (χ2v) is 3.18. The molecule has 0 radical (unpaired) electrons. The van der Waals surface area contributed by atoms with Gasteiger partial charge in [-0.3, -0.25) is 4.98 Å². The summed E-state index contributed by atoms with van der Waals surface area (Å²) in [5, 5.41) is 0. The maximum atomic E-state index is 4.20. The number of hydrogen-bond acceptors (Lipinski definition) is 1. The van der Waals surface area contributed by atoms with Crippen molar-refractivity contribution < 1.29 is 0 Å². The maximum Gasteiger partial charge on any atom is 0.0401 e. The molecule has 0 N–H and O–H groups in total. The molecule has 1 heterocycles. The molecule has 0 aliphatic rings. The summed E-state index contributed by atoms with van der Waals surface area (Å²) < 4.78 is 0. The van der Waals surface area contributed by atoms with Gasteiger partial charge in [-0.1, -0.05) is 53.5 Å². The van der Waals surface area contributed by atoms with Crippen LogP contribution >= 0.6 is 0 Å². The van der Waals surface area contributed by atoms with Crippen molar-refractivity contribution >= 4 is 0 Å². The third-order valence-corrected chi connectivity index (χ3v) is 1.83. The summed E-state index contributed by atoms with van der Waals surface area (Å²) in [6.07, 6.45) is 5.57. The predicted octanol–water partition coefficient (Wildman–Crippen LogP) is 4.79. The van der Waals surface area contributed by atoms with Gasteiger partial charge in [0.25, 0.3) is 0 Å². The highest BCUT2D eigenvalue weighted by molar-refractivity contribution is 5.11. The number of aryl methyl sites for hydroxylation is 2. The van der Waals surface area contributed by atoms with Crippen LogP contribution in [0.15, 0.2) is 18.3 Å². The van der Waals surface area contributed by atoms with E-state index in [9.17, 15) is 0 Å². The number of rotatable bonds is 2. The molecule has 1 aromatic rings. The minimum atomic E-state index is 1.03. The Hall–Kier alpha value is -0.850. The molecular formula is C14H27N. The van der Waals surface area contributed by atoms with E-state index in [1.807, 2.05) is 27.0 Å². The fraction of sp³-hybridized carbons (Fsp3) is 0.643. The third kappa shape index (κ3) is 11.1. The van der Waals surface area contributed by atoms with Gasteiger partial charge >= 0.3 is 0 Å². The quantitative estimate of drug-likeness (QED) is 0.682. The lowest BCUT2D eigenvalue weighted by atomic mass is 10.2. The highest BCUT2D eigenvalue weighted by Crippen LogP contribution is 1.97. The Morgan fingerprint density at radius 2 is 1.53 bits per heavy atom. The molecule has 1 nitrogen and oxygen atoms in total. The predicted molar refractivity (Wildman–Crippen MR) is 70.3 cm³/mol. The molecule has 88 valence electrons. The van der Waals surface area contributed by atoms with Crippen LogP contribution in [0.4, 0.5) is 0 Å². The van der Waals surface area contributed by atoms with Crippen LogP contribution in [0.5, 0.6) is 0 Å². The third-order valence-electron chi connectivity index (χ3n) is 1.83. The van der Waals surface area contributed by atoms with E-state index in [1.54, 1.807) is 0 Å². The second kappa shape index (κ2) is 13.2. The highest BCUT2D eigenvalue weighted by Gasteiger charge is 1.86. The molecule has 15 heavy (non-hydrogen) atoms. The summed E-state index contributed by atoms with van der Waals surface area (Å²) >= 11 is 0. The van der Waals surface area contributed by atoms with Crippen LogP contribution in [-0.4, -0.2) is 4.98 Å². The summed E-state index contributed by atoms with van der Waals surface area (Å²) in [6, 6.07) is 4.15. The van der Waals surface area contributed by atoms with Gasteiger partial charge in [-0.05, 0) is 25.0 Å². The van der Waals surface area contributed by atoms with E-state index in [1.165, 1.54) is 24.1 Å². The number of nitrogens with zero attached hydrogens (tertiary/aromatic N) is 1. The molecule has 1 rings (SSSR count). The zero-order valence-corrected chi connectivity index (χ0v) is 11.3. The van der Waals surface area contributed by atoms with Gasteiger partial charge in [0.2, 0.25) is 0 Å². The molecule has 0 aliphatic heterocycles. The van der Waals surface area contributed by atoms with Gasteiger partial charge in [-0.2, -0.15) is 0 Å². The van der Waals surface area contributed by atoms with Crippen molar-refractivity contribution in [1.82, 2.24) is 4.98 Å². The van der Waals surface area contributed by atoms with Crippen molar-refractivity contribution in [3.8, 4) is 0 Å². The lowest BCUT2D eigenvalue weighted by Gasteiger charge is -1.93. The van der Waals surface area contributed by atoms with Crippen molar-refractivity contribution in [1.29, 1.82) is 0 Å². The number of unbranched alkanes of at least 4 members (excludes halogenated alkanes) is 1. The van der Waals surface area contributed by atoms with Crippen molar-refractivity contribution in [2.45, 2.75) is 60.8 Å². The van der Waals surface area contributed by atoms with Crippen LogP contribution < -0.4 is 0 Å². The van der Waals surface area contributed by atoms with E-state index in [2.05, 4.69) is 37.9 Å². The van der Waals surface area contributed by atoms with Gasteiger partial charge < -0.3 is 0 Å². The van der Waals surface area contributed by atoms with Gasteiger partial charge in [-0.25, -0.2) is 0 Å². The zero-order valence-electron chi connectivity index (χ0n) is 11.3. The average Bonchev–Trinajstić information content (AvgIpc) is 2.33. The first-order valence-corrected chi connectivity index (χ1v) is 6.16. The van der Waals surface area contributed by atoms with Crippen molar-refractivity contribution in [3.63, 3.8) is 0 Å². The fourth-order valence-electron chi connectivity index (χ4n) is 0.708. The summed E-state index contributed by atoms with van der Waals surface area (Å²) in [6.45, 7) is 12.5. The Kier molecular flexibility index (Phi) is 14.5. The molecule has 0 fully saturated rings. The normalized spacial score (nSPS) is 8.13. The molecule has 0 saturated heterocycles. The van der Waals surface area contributed by atoms with Gasteiger partial charge in [0.1, 0.15) is 0 Å². The number of pyridine rings is 1. The van der Waals surface area contributed by atoms with Crippen LogP contribution in [0.3, 0.4) is 0 Å². The van der Waals surface area contributed by atoms with Crippen LogP contribution in [0.1, 0.15) is 58.7 Å². The molecule has 0 aromatic carbocycles. The Balaban J connectivity index is 0. The van der Waals surface area contributed by atoms with Crippen molar-refractivity contribution in [2.24, 2.45) is 0 Å². The summed E-state index contributed by atoms with van der Waals surface area (Å²) in [4.78, 5) is 4.20. The SMILES string of the molecule is CC.CCCC.CCc1ccc(C)cn1. The van der Waals surface area contributed by atoms with E-state index in [0.29, 0.717) is 0 Å². The van der Waals surface area contributed by atoms with Gasteiger partial charge in [0.05, 0.1) is 0 Å². The summed E-state index contributed by atoms with van der Waals surface area (Å²) in [7, 11) is 0. The van der Waals surface area contributed by atoms with E-state index in [0.717, 1.165) is 6.42 Å². The molecule has 0 amide bonds. The van der Waals surface area contributed by atoms with E-state index >= 15 is 0 Å². The average molecular weight is 209 g/mol. The van der Waals surface area contributed by atoms with Crippen molar-refractivity contribution in [3.05, 3.63) is 29.6 Å². The topological polar surface area (TPSA) is 12.9 Å². The molecule has 0 saturated carbocycles. The molecule has 0 aliphatic carbocycles. The largest absolute Gasteiger partial charge is 0.261 e. The summed E-state index contributed by atoms with van der Waals surface area (Å²) in [5.41, 5.74) is 2.40. The van der Waals surface area contributed by atoms with Crippen LogP contribution in [0.25, 0.3) is 0 Å². The van der Waals surface area contributed by atoms with E-state index in [-0.39, 0.29) is 0 Å². The Morgan fingerprint density at radius 3 is 1.80 bits per heavy atom. The zero-order chi connectivity index (χ0) is 12.1. The molecular weight excluding hydrogens is 182 g/mol. The van der Waals surface area contributed by atoms with Crippen LogP contribution in [0, 0.1) is 6.92 Å². The monoisotopic (exact) mass is 209 g/mol. The van der Waals surface area contributed by atoms with Crippen LogP contribution in [-0.2, 0) is 6.42 Å². The first kappa shape index (κ1) is 16.6. The lowest BCUT2D eigenvalue weighted by Crippen LogP contribution is -1.84. The molecule has 0 atom stereocenters. The maximum absolute atomic E-state index is 4.20. The molecule has 1 heteroatoms. The molecule has 1 aromatic heterocycles. The Labute approximate surface area is 95.9 Å². The Bertz CT molecular complexity index is 199. The number of hydrogen-bond donors (Lipinski definition) is 0. The highest BCUT2D eigenvalue weighted by atomic mass is 14.7. The first-order chi connectivity index (χ1) is 7.24. The molecule has 0 unspecified atom stereocenters. The lowest BCUT2D eigenvalue weighted by molar-refractivity contribution is 0.886. The molecule has 0 spiro atoms. The van der Waals surface area contributed by atoms with E-state index in [4.69, 9.17) is 0 Å².